The van der Waals surface area contributed by atoms with Crippen molar-refractivity contribution in [2.24, 2.45) is 0 Å². The molecule has 0 aliphatic carbocycles. The van der Waals surface area contributed by atoms with Crippen molar-refractivity contribution in [1.82, 2.24) is 20.2 Å². The zero-order valence-electron chi connectivity index (χ0n) is 21.1. The van der Waals surface area contributed by atoms with Gasteiger partial charge in [0.1, 0.15) is 17.3 Å². The summed E-state index contributed by atoms with van der Waals surface area (Å²) in [5, 5.41) is 11.9. The summed E-state index contributed by atoms with van der Waals surface area (Å²) in [7, 11) is -7.91. The van der Waals surface area contributed by atoms with Gasteiger partial charge in [0.2, 0.25) is 17.7 Å². The molecule has 2 aromatic carbocycles. The van der Waals surface area contributed by atoms with E-state index in [-0.39, 0.29) is 21.8 Å². The highest BCUT2D eigenvalue weighted by molar-refractivity contribution is 7.91. The van der Waals surface area contributed by atoms with Crippen LogP contribution in [0, 0.1) is 6.92 Å². The maximum absolute atomic E-state index is 13.1. The number of nitrogens with one attached hydrogen (secondary N) is 2. The van der Waals surface area contributed by atoms with Crippen molar-refractivity contribution in [2.45, 2.75) is 23.3 Å². The van der Waals surface area contributed by atoms with Crippen molar-refractivity contribution in [3.05, 3.63) is 89.7 Å². The summed E-state index contributed by atoms with van der Waals surface area (Å²) >= 11 is 1.18. The highest BCUT2D eigenvalue weighted by atomic mass is 32.2. The normalized spacial score (nSPS) is 11.9. The number of carbonyl (C=O) groups is 1. The fourth-order valence-electron chi connectivity index (χ4n) is 3.88. The van der Waals surface area contributed by atoms with Crippen molar-refractivity contribution in [2.75, 3.05) is 11.1 Å². The molecule has 3 heterocycles. The minimum Gasteiger partial charge on any atom is -0.423 e. The number of H-pyrrole nitrogens is 1. The lowest BCUT2D eigenvalue weighted by atomic mass is 10.1. The second-order valence-corrected chi connectivity index (χ2v) is 13.8. The van der Waals surface area contributed by atoms with Crippen LogP contribution in [0.25, 0.3) is 22.4 Å². The third-order valence-electron chi connectivity index (χ3n) is 5.74. The number of rotatable bonds is 10. The van der Waals surface area contributed by atoms with Crippen molar-refractivity contribution >= 4 is 42.1 Å². The Bertz CT molecular complexity index is 1860. The fourth-order valence-corrected chi connectivity index (χ4v) is 7.04. The molecule has 0 aliphatic rings. The molecular weight excluding hydrogens is 575 g/mol. The summed E-state index contributed by atoms with van der Waals surface area (Å²) in [4.78, 5) is 19.6. The number of hydrogen-bond acceptors (Lipinski definition) is 10. The van der Waals surface area contributed by atoms with E-state index in [0.717, 1.165) is 11.1 Å². The highest BCUT2D eigenvalue weighted by Gasteiger charge is 2.26. The molecular formula is C26H23N5O6S3. The molecule has 1 amide bonds. The number of nitrogens with zero attached hydrogens (tertiary/aromatic N) is 3. The molecule has 2 N–H and O–H groups in total. The van der Waals surface area contributed by atoms with Crippen molar-refractivity contribution in [1.29, 1.82) is 0 Å². The Morgan fingerprint density at radius 2 is 1.62 bits per heavy atom. The largest absolute Gasteiger partial charge is 0.423 e. The van der Waals surface area contributed by atoms with Crippen LogP contribution in [0.4, 0.5) is 5.13 Å². The first-order chi connectivity index (χ1) is 19.1. The summed E-state index contributed by atoms with van der Waals surface area (Å²) in [5.41, 5.74) is 3.83. The topological polar surface area (TPSA) is 165 Å². The van der Waals surface area contributed by atoms with E-state index >= 15 is 0 Å². The van der Waals surface area contributed by atoms with E-state index in [1.54, 1.807) is 35.8 Å². The standard InChI is InChI=1S/C26H23N5O6S3/c1-17-7-9-19(10-8-17)21-13-38-26(28-21)29-23(32)14-39(33,34)15-24-30-31-25(37-24)16-40(35,36)22-12-27-11-20(22)18-5-3-2-4-6-18/h2-13,27H,14-16H2,1H3,(H,28,29,32). The predicted octanol–water partition coefficient (Wildman–Crippen LogP) is 4.02. The van der Waals surface area contributed by atoms with Crippen molar-refractivity contribution in [3.8, 4) is 22.4 Å². The molecule has 0 saturated carbocycles. The summed E-state index contributed by atoms with van der Waals surface area (Å²) in [6.45, 7) is 1.97. The Morgan fingerprint density at radius 1 is 0.925 bits per heavy atom. The van der Waals surface area contributed by atoms with Crippen LogP contribution >= 0.6 is 11.3 Å². The zero-order chi connectivity index (χ0) is 28.3. The Kier molecular flexibility index (Phi) is 7.65. The van der Waals surface area contributed by atoms with E-state index in [2.05, 4.69) is 25.5 Å². The maximum Gasteiger partial charge on any atom is 0.241 e. The lowest BCUT2D eigenvalue weighted by Gasteiger charge is -2.04. The Hall–Kier alpha value is -4.14. The minimum absolute atomic E-state index is 0.0514. The molecule has 0 radical (unpaired) electrons. The molecule has 0 saturated heterocycles. The summed E-state index contributed by atoms with van der Waals surface area (Å²) < 4.78 is 56.7. The molecule has 3 aromatic heterocycles. The molecule has 0 atom stereocenters. The van der Waals surface area contributed by atoms with Crippen LogP contribution in [0.3, 0.4) is 0 Å². The number of anilines is 1. The van der Waals surface area contributed by atoms with Crippen LogP contribution in [-0.2, 0) is 36.0 Å². The van der Waals surface area contributed by atoms with Crippen LogP contribution < -0.4 is 5.32 Å². The molecule has 206 valence electrons. The summed E-state index contributed by atoms with van der Waals surface area (Å²) in [6, 6.07) is 16.7. The van der Waals surface area contributed by atoms with Gasteiger partial charge in [-0.3, -0.25) is 4.79 Å². The Balaban J connectivity index is 1.20. The average molecular weight is 598 g/mol. The Morgan fingerprint density at radius 3 is 2.35 bits per heavy atom. The minimum atomic E-state index is -4.01. The van der Waals surface area contributed by atoms with Crippen LogP contribution in [0.15, 0.2) is 81.7 Å². The molecule has 0 spiro atoms. The third kappa shape index (κ3) is 6.52. The molecule has 11 nitrogen and oxygen atoms in total. The molecule has 5 aromatic rings. The van der Waals surface area contributed by atoms with Gasteiger partial charge in [-0.25, -0.2) is 21.8 Å². The number of aromatic nitrogens is 4. The number of amides is 1. The van der Waals surface area contributed by atoms with Gasteiger partial charge in [0.05, 0.1) is 10.6 Å². The van der Waals surface area contributed by atoms with Gasteiger partial charge in [-0.1, -0.05) is 60.2 Å². The van der Waals surface area contributed by atoms with Gasteiger partial charge in [0.15, 0.2) is 24.8 Å². The number of thiazole rings is 1. The first kappa shape index (κ1) is 27.4. The predicted molar refractivity (Wildman–Crippen MR) is 150 cm³/mol. The van der Waals surface area contributed by atoms with Crippen molar-refractivity contribution < 1.29 is 26.0 Å². The van der Waals surface area contributed by atoms with E-state index in [1.165, 1.54) is 17.5 Å². The van der Waals surface area contributed by atoms with Gasteiger partial charge in [-0.15, -0.1) is 21.5 Å². The zero-order valence-corrected chi connectivity index (χ0v) is 23.5. The van der Waals surface area contributed by atoms with E-state index < -0.39 is 42.8 Å². The number of hydrogen-bond donors (Lipinski definition) is 2. The van der Waals surface area contributed by atoms with Gasteiger partial charge < -0.3 is 14.7 Å². The number of sulfone groups is 2. The molecule has 40 heavy (non-hydrogen) atoms. The van der Waals surface area contributed by atoms with Gasteiger partial charge in [-0.2, -0.15) is 0 Å². The highest BCUT2D eigenvalue weighted by Crippen LogP contribution is 2.29. The van der Waals surface area contributed by atoms with Gasteiger partial charge in [-0.05, 0) is 12.5 Å². The smallest absolute Gasteiger partial charge is 0.241 e. The monoisotopic (exact) mass is 597 g/mol. The molecule has 0 fully saturated rings. The van der Waals surface area contributed by atoms with E-state index in [0.29, 0.717) is 16.8 Å². The fraction of sp³-hybridized carbons (Fsp3) is 0.154. The summed E-state index contributed by atoms with van der Waals surface area (Å²) in [6.07, 6.45) is 2.94. The third-order valence-corrected chi connectivity index (χ3v) is 9.52. The van der Waals surface area contributed by atoms with Gasteiger partial charge >= 0.3 is 0 Å². The number of benzene rings is 2. The average Bonchev–Trinajstić information content (AvgIpc) is 3.66. The van der Waals surface area contributed by atoms with Crippen LogP contribution in [0.2, 0.25) is 0 Å². The molecule has 0 aliphatic heterocycles. The van der Waals surface area contributed by atoms with Crippen LogP contribution in [-0.4, -0.2) is 48.7 Å². The maximum atomic E-state index is 13.1. The summed E-state index contributed by atoms with van der Waals surface area (Å²) in [5.74, 6) is -3.53. The number of aryl methyl sites for hydroxylation is 1. The van der Waals surface area contributed by atoms with Crippen LogP contribution in [0.5, 0.6) is 0 Å². The first-order valence-corrected chi connectivity index (χ1v) is 16.2. The van der Waals surface area contributed by atoms with Gasteiger partial charge in [0.25, 0.3) is 0 Å². The molecule has 14 heteroatoms. The van der Waals surface area contributed by atoms with E-state index in [1.807, 2.05) is 37.3 Å². The SMILES string of the molecule is Cc1ccc(-c2csc(NC(=O)CS(=O)(=O)Cc3nnc(CS(=O)(=O)c4c[nH]cc4-c4ccccc4)o3)n2)cc1. The number of aromatic amines is 1. The van der Waals surface area contributed by atoms with Crippen LogP contribution in [0.1, 0.15) is 17.3 Å². The van der Waals surface area contributed by atoms with E-state index in [9.17, 15) is 21.6 Å². The molecule has 0 bridgehead atoms. The second-order valence-electron chi connectivity index (χ2n) is 8.93. The van der Waals surface area contributed by atoms with E-state index in [4.69, 9.17) is 4.42 Å². The Labute approximate surface area is 234 Å². The second kappa shape index (κ2) is 11.2. The number of carbonyl (C=O) groups excluding carboxylic acids is 1. The molecule has 5 rings (SSSR count). The lowest BCUT2D eigenvalue weighted by molar-refractivity contribution is -0.113. The van der Waals surface area contributed by atoms with Gasteiger partial charge in [0, 0.05) is 28.9 Å². The quantitative estimate of drug-likeness (QED) is 0.242. The lowest BCUT2D eigenvalue weighted by Crippen LogP contribution is -2.24. The first-order valence-electron chi connectivity index (χ1n) is 11.9. The molecule has 0 unspecified atom stereocenters. The van der Waals surface area contributed by atoms with Crippen molar-refractivity contribution in [3.63, 3.8) is 0 Å².